The van der Waals surface area contributed by atoms with Crippen molar-refractivity contribution in [2.75, 3.05) is 13.1 Å². The summed E-state index contributed by atoms with van der Waals surface area (Å²) in [5.74, 6) is -0.311. The van der Waals surface area contributed by atoms with Gasteiger partial charge in [0.15, 0.2) is 0 Å². The van der Waals surface area contributed by atoms with E-state index < -0.39 is 0 Å². The van der Waals surface area contributed by atoms with E-state index in [1.807, 2.05) is 18.2 Å². The third kappa shape index (κ3) is 3.93. The van der Waals surface area contributed by atoms with E-state index in [2.05, 4.69) is 11.0 Å². The number of carbonyl (C=O) groups is 1. The fourth-order valence-corrected chi connectivity index (χ4v) is 4.41. The fraction of sp³-hybridized carbons (Fsp3) is 0.409. The number of amides is 1. The maximum Gasteiger partial charge on any atom is 0.246 e. The van der Waals surface area contributed by atoms with E-state index >= 15 is 0 Å². The Morgan fingerprint density at radius 2 is 1.68 bits per heavy atom. The number of carbonyl (C=O) groups excluding carboxylic acids is 1. The topological polar surface area (TPSA) is 32.8 Å². The predicted molar refractivity (Wildman–Crippen MR) is 106 cm³/mol. The first-order valence-corrected chi connectivity index (χ1v) is 10.1. The molecule has 2 aliphatic rings. The molecule has 1 spiro atoms. The van der Waals surface area contributed by atoms with E-state index in [1.54, 1.807) is 23.3 Å². The van der Waals surface area contributed by atoms with E-state index in [0.29, 0.717) is 12.0 Å². The lowest BCUT2D eigenvalue weighted by Crippen LogP contribution is -2.52. The van der Waals surface area contributed by atoms with Gasteiger partial charge in [-0.1, -0.05) is 48.0 Å². The molecular weight excluding hydrogens is 379 g/mol. The molecule has 0 aromatic heterocycles. The largest absolute Gasteiger partial charge is 0.299 e. The van der Waals surface area contributed by atoms with Crippen molar-refractivity contribution in [1.82, 2.24) is 9.96 Å². The molecule has 2 saturated heterocycles. The molecule has 0 N–H and O–H groups in total. The Labute approximate surface area is 169 Å². The van der Waals surface area contributed by atoms with Crippen LogP contribution in [0.5, 0.6) is 0 Å². The van der Waals surface area contributed by atoms with Gasteiger partial charge in [0.2, 0.25) is 5.91 Å². The molecule has 0 saturated carbocycles. The van der Waals surface area contributed by atoms with Gasteiger partial charge in [-0.2, -0.15) is 0 Å². The highest BCUT2D eigenvalue weighted by molar-refractivity contribution is 6.31. The second-order valence-corrected chi connectivity index (χ2v) is 8.05. The highest BCUT2D eigenvalue weighted by atomic mass is 35.5. The van der Waals surface area contributed by atoms with Crippen LogP contribution < -0.4 is 0 Å². The van der Waals surface area contributed by atoms with Gasteiger partial charge in [-0.15, -0.1) is 0 Å². The van der Waals surface area contributed by atoms with E-state index in [4.69, 9.17) is 16.4 Å². The first kappa shape index (κ1) is 19.4. The summed E-state index contributed by atoms with van der Waals surface area (Å²) in [7, 11) is 0. The van der Waals surface area contributed by atoms with Crippen LogP contribution in [0.25, 0.3) is 0 Å². The Morgan fingerprint density at radius 1 is 1.00 bits per heavy atom. The lowest BCUT2D eigenvalue weighted by atomic mass is 9.86. The van der Waals surface area contributed by atoms with E-state index in [1.165, 1.54) is 6.07 Å². The Kier molecular flexibility index (Phi) is 5.67. The average molecular weight is 403 g/mol. The van der Waals surface area contributed by atoms with E-state index in [-0.39, 0.29) is 23.9 Å². The Bertz CT molecular complexity index is 852. The van der Waals surface area contributed by atoms with Gasteiger partial charge in [-0.3, -0.25) is 14.5 Å². The van der Waals surface area contributed by atoms with Gasteiger partial charge in [0, 0.05) is 36.6 Å². The second-order valence-electron chi connectivity index (χ2n) is 7.64. The molecular formula is C22H24ClFN2O2. The first-order valence-electron chi connectivity index (χ1n) is 9.73. The summed E-state index contributed by atoms with van der Waals surface area (Å²) in [6, 6.07) is 14.4. The molecule has 28 heavy (non-hydrogen) atoms. The number of nitrogens with zero attached hydrogens (tertiary/aromatic N) is 2. The predicted octanol–water partition coefficient (Wildman–Crippen LogP) is 4.57. The molecule has 2 heterocycles. The number of halogens is 2. The van der Waals surface area contributed by atoms with E-state index in [9.17, 15) is 9.18 Å². The average Bonchev–Trinajstić information content (AvgIpc) is 3.00. The van der Waals surface area contributed by atoms with Gasteiger partial charge in [-0.25, -0.2) is 9.45 Å². The number of rotatable bonds is 5. The highest BCUT2D eigenvalue weighted by Crippen LogP contribution is 2.40. The van der Waals surface area contributed by atoms with Crippen molar-refractivity contribution in [2.24, 2.45) is 0 Å². The number of hydrogen-bond acceptors (Lipinski definition) is 3. The number of likely N-dealkylation sites (tertiary alicyclic amines) is 1. The van der Waals surface area contributed by atoms with Crippen LogP contribution in [0.15, 0.2) is 48.5 Å². The molecule has 2 aromatic carbocycles. The van der Waals surface area contributed by atoms with Crippen LogP contribution in [-0.2, 0) is 22.8 Å². The van der Waals surface area contributed by atoms with Crippen LogP contribution in [0.4, 0.5) is 4.39 Å². The zero-order valence-electron chi connectivity index (χ0n) is 15.7. The SMILES string of the molecule is O=C1CCC2(CCN(Cc3ccccc3Cl)CC2)N1OCc1ccccc1F. The number of hydroxylamine groups is 2. The summed E-state index contributed by atoms with van der Waals surface area (Å²) in [6.07, 6.45) is 2.98. The van der Waals surface area contributed by atoms with Gasteiger partial charge in [-0.05, 0) is 37.0 Å². The Hall–Kier alpha value is -1.95. The lowest BCUT2D eigenvalue weighted by Gasteiger charge is -2.43. The molecule has 0 unspecified atom stereocenters. The second kappa shape index (κ2) is 8.19. The lowest BCUT2D eigenvalue weighted by molar-refractivity contribution is -0.223. The van der Waals surface area contributed by atoms with Crippen molar-refractivity contribution < 1.29 is 14.0 Å². The standard InChI is InChI=1S/C22H24ClFN2O2/c23-19-7-3-1-5-17(19)15-25-13-11-22(12-14-25)10-9-21(27)26(22)28-16-18-6-2-4-8-20(18)24/h1-8H,9-16H2. The minimum absolute atomic E-state index is 0.00380. The third-order valence-electron chi connectivity index (χ3n) is 5.91. The van der Waals surface area contributed by atoms with Gasteiger partial charge in [0.25, 0.3) is 0 Å². The molecule has 1 amide bonds. The molecule has 0 atom stereocenters. The van der Waals surface area contributed by atoms with Crippen molar-refractivity contribution in [1.29, 1.82) is 0 Å². The fourth-order valence-electron chi connectivity index (χ4n) is 4.21. The van der Waals surface area contributed by atoms with Crippen LogP contribution >= 0.6 is 11.6 Å². The first-order chi connectivity index (χ1) is 13.6. The normalized spacial score (nSPS) is 19.5. The van der Waals surface area contributed by atoms with Crippen molar-refractivity contribution in [2.45, 2.75) is 44.4 Å². The van der Waals surface area contributed by atoms with Crippen LogP contribution in [0.3, 0.4) is 0 Å². The zero-order valence-corrected chi connectivity index (χ0v) is 16.5. The van der Waals surface area contributed by atoms with Crippen LogP contribution in [0, 0.1) is 5.82 Å². The van der Waals surface area contributed by atoms with Crippen LogP contribution in [-0.4, -0.2) is 34.5 Å². The van der Waals surface area contributed by atoms with Crippen LogP contribution in [0.1, 0.15) is 36.8 Å². The Morgan fingerprint density at radius 3 is 2.39 bits per heavy atom. The molecule has 0 bridgehead atoms. The number of piperidine rings is 1. The number of benzene rings is 2. The summed E-state index contributed by atoms with van der Waals surface area (Å²) in [5, 5.41) is 2.33. The summed E-state index contributed by atoms with van der Waals surface area (Å²) >= 11 is 6.29. The molecule has 2 fully saturated rings. The third-order valence-corrected chi connectivity index (χ3v) is 6.28. The molecule has 2 aromatic rings. The molecule has 4 nitrogen and oxygen atoms in total. The van der Waals surface area contributed by atoms with Crippen molar-refractivity contribution in [3.8, 4) is 0 Å². The van der Waals surface area contributed by atoms with Gasteiger partial charge >= 0.3 is 0 Å². The summed E-state index contributed by atoms with van der Waals surface area (Å²) in [6.45, 7) is 2.62. The smallest absolute Gasteiger partial charge is 0.246 e. The molecule has 4 rings (SSSR count). The van der Waals surface area contributed by atoms with E-state index in [0.717, 1.165) is 49.5 Å². The van der Waals surface area contributed by atoms with Crippen molar-refractivity contribution >= 4 is 17.5 Å². The molecule has 148 valence electrons. The highest BCUT2D eigenvalue weighted by Gasteiger charge is 2.48. The summed E-state index contributed by atoms with van der Waals surface area (Å²) < 4.78 is 13.9. The van der Waals surface area contributed by atoms with Gasteiger partial charge in [0.05, 0.1) is 5.54 Å². The maximum absolute atomic E-state index is 13.9. The minimum atomic E-state index is -0.308. The number of hydrogen-bond donors (Lipinski definition) is 0. The summed E-state index contributed by atoms with van der Waals surface area (Å²) in [4.78, 5) is 20.7. The monoisotopic (exact) mass is 402 g/mol. The van der Waals surface area contributed by atoms with Gasteiger partial charge in [0.1, 0.15) is 12.4 Å². The Balaban J connectivity index is 1.39. The molecule has 2 aliphatic heterocycles. The van der Waals surface area contributed by atoms with Crippen molar-refractivity contribution in [3.05, 3.63) is 70.5 Å². The maximum atomic E-state index is 13.9. The molecule has 0 radical (unpaired) electrons. The van der Waals surface area contributed by atoms with Gasteiger partial charge < -0.3 is 0 Å². The summed E-state index contributed by atoms with van der Waals surface area (Å²) in [5.41, 5.74) is 1.31. The molecule has 6 heteroatoms. The zero-order chi connectivity index (χ0) is 19.6. The quantitative estimate of drug-likeness (QED) is 0.734. The van der Waals surface area contributed by atoms with Crippen LogP contribution in [0.2, 0.25) is 5.02 Å². The molecule has 0 aliphatic carbocycles. The minimum Gasteiger partial charge on any atom is -0.299 e. The van der Waals surface area contributed by atoms with Crippen molar-refractivity contribution in [3.63, 3.8) is 0 Å².